The van der Waals surface area contributed by atoms with Crippen molar-refractivity contribution < 1.29 is 9.84 Å². The molecule has 76 valence electrons. The van der Waals surface area contributed by atoms with Gasteiger partial charge in [0.25, 0.3) is 0 Å². The van der Waals surface area contributed by atoms with E-state index in [0.29, 0.717) is 5.92 Å². The molecule has 2 heteroatoms. The van der Waals surface area contributed by atoms with Crippen LogP contribution in [0.3, 0.4) is 0 Å². The zero-order valence-electron chi connectivity index (χ0n) is 8.44. The largest absolute Gasteiger partial charge is 0.497 e. The monoisotopic (exact) mass is 192 g/mol. The van der Waals surface area contributed by atoms with E-state index in [0.717, 1.165) is 12.2 Å². The predicted molar refractivity (Wildman–Crippen MR) is 55.4 cm³/mol. The molecule has 0 amide bonds. The van der Waals surface area contributed by atoms with Crippen molar-refractivity contribution in [1.82, 2.24) is 0 Å². The minimum Gasteiger partial charge on any atom is -0.497 e. The second kappa shape index (κ2) is 4.01. The molecule has 1 fully saturated rings. The number of aliphatic hydroxyl groups excluding tert-OH is 1. The van der Waals surface area contributed by atoms with Gasteiger partial charge in [0, 0.05) is 0 Å². The van der Waals surface area contributed by atoms with Gasteiger partial charge in [0.1, 0.15) is 5.75 Å². The molecule has 0 bridgehead atoms. The van der Waals surface area contributed by atoms with E-state index in [1.807, 2.05) is 24.3 Å². The van der Waals surface area contributed by atoms with Gasteiger partial charge in [-0.3, -0.25) is 0 Å². The van der Waals surface area contributed by atoms with Crippen LogP contribution in [0.15, 0.2) is 24.3 Å². The lowest BCUT2D eigenvalue weighted by Crippen LogP contribution is -2.12. The lowest BCUT2D eigenvalue weighted by Gasteiger charge is -2.09. The number of hydrogen-bond donors (Lipinski definition) is 1. The van der Waals surface area contributed by atoms with Crippen LogP contribution in [0, 0.1) is 5.92 Å². The number of aliphatic hydroxyl groups is 1. The zero-order valence-corrected chi connectivity index (χ0v) is 8.44. The molecule has 1 aromatic rings. The molecular formula is C12H16O2. The van der Waals surface area contributed by atoms with Gasteiger partial charge >= 0.3 is 0 Å². The van der Waals surface area contributed by atoms with Crippen LogP contribution >= 0.6 is 0 Å². The molecule has 1 unspecified atom stereocenters. The van der Waals surface area contributed by atoms with Crippen molar-refractivity contribution in [3.05, 3.63) is 29.8 Å². The molecule has 0 aliphatic heterocycles. The highest BCUT2D eigenvalue weighted by Crippen LogP contribution is 2.34. The van der Waals surface area contributed by atoms with Crippen LogP contribution in [-0.4, -0.2) is 18.3 Å². The van der Waals surface area contributed by atoms with Gasteiger partial charge in [0.2, 0.25) is 0 Å². The highest BCUT2D eigenvalue weighted by molar-refractivity contribution is 5.27. The molecule has 0 saturated heterocycles. The lowest BCUT2D eigenvalue weighted by molar-refractivity contribution is 0.151. The molecule has 1 aromatic carbocycles. The van der Waals surface area contributed by atoms with E-state index in [1.54, 1.807) is 7.11 Å². The van der Waals surface area contributed by atoms with Crippen molar-refractivity contribution in [2.45, 2.75) is 25.4 Å². The third-order valence-electron chi connectivity index (χ3n) is 2.77. The summed E-state index contributed by atoms with van der Waals surface area (Å²) in [6, 6.07) is 7.92. The average Bonchev–Trinajstić information content (AvgIpc) is 3.02. The SMILES string of the molecule is COc1ccc(CC(O)C2CC2)cc1. The molecule has 1 aliphatic carbocycles. The fraction of sp³-hybridized carbons (Fsp3) is 0.500. The van der Waals surface area contributed by atoms with Crippen molar-refractivity contribution >= 4 is 0 Å². The smallest absolute Gasteiger partial charge is 0.118 e. The topological polar surface area (TPSA) is 29.5 Å². The molecule has 1 aliphatic rings. The Morgan fingerprint density at radius 2 is 2.00 bits per heavy atom. The van der Waals surface area contributed by atoms with Crippen LogP contribution in [0.25, 0.3) is 0 Å². The van der Waals surface area contributed by atoms with E-state index in [-0.39, 0.29) is 6.10 Å². The fourth-order valence-corrected chi connectivity index (χ4v) is 1.65. The molecule has 1 N–H and O–H groups in total. The third-order valence-corrected chi connectivity index (χ3v) is 2.77. The van der Waals surface area contributed by atoms with Crippen molar-refractivity contribution in [2.24, 2.45) is 5.92 Å². The normalized spacial score (nSPS) is 17.9. The second-order valence-electron chi connectivity index (χ2n) is 3.96. The van der Waals surface area contributed by atoms with E-state index >= 15 is 0 Å². The predicted octanol–water partition coefficient (Wildman–Crippen LogP) is 2.01. The molecule has 2 rings (SSSR count). The molecule has 0 radical (unpaired) electrons. The Morgan fingerprint density at radius 3 is 2.50 bits per heavy atom. The first-order chi connectivity index (χ1) is 6.79. The molecular weight excluding hydrogens is 176 g/mol. The summed E-state index contributed by atoms with van der Waals surface area (Å²) < 4.78 is 5.07. The molecule has 1 saturated carbocycles. The zero-order chi connectivity index (χ0) is 9.97. The van der Waals surface area contributed by atoms with Gasteiger partial charge in [0.05, 0.1) is 13.2 Å². The van der Waals surface area contributed by atoms with Gasteiger partial charge in [-0.25, -0.2) is 0 Å². The highest BCUT2D eigenvalue weighted by Gasteiger charge is 2.29. The minimum absolute atomic E-state index is 0.150. The molecule has 1 atom stereocenters. The Morgan fingerprint density at radius 1 is 1.36 bits per heavy atom. The van der Waals surface area contributed by atoms with E-state index in [1.165, 1.54) is 18.4 Å². The van der Waals surface area contributed by atoms with E-state index in [2.05, 4.69) is 0 Å². The lowest BCUT2D eigenvalue weighted by atomic mass is 10.0. The average molecular weight is 192 g/mol. The number of benzene rings is 1. The maximum Gasteiger partial charge on any atom is 0.118 e. The first kappa shape index (κ1) is 9.53. The van der Waals surface area contributed by atoms with Crippen molar-refractivity contribution in [2.75, 3.05) is 7.11 Å². The van der Waals surface area contributed by atoms with Gasteiger partial charge < -0.3 is 9.84 Å². The Hall–Kier alpha value is -1.02. The standard InChI is InChI=1S/C12H16O2/c1-14-11-6-2-9(3-7-11)8-12(13)10-4-5-10/h2-3,6-7,10,12-13H,4-5,8H2,1H3. The molecule has 0 heterocycles. The quantitative estimate of drug-likeness (QED) is 0.790. The minimum atomic E-state index is -0.150. The number of hydrogen-bond acceptors (Lipinski definition) is 2. The summed E-state index contributed by atoms with van der Waals surface area (Å²) in [5, 5.41) is 9.74. The Balaban J connectivity index is 1.95. The summed E-state index contributed by atoms with van der Waals surface area (Å²) in [4.78, 5) is 0. The van der Waals surface area contributed by atoms with Gasteiger partial charge in [-0.15, -0.1) is 0 Å². The van der Waals surface area contributed by atoms with Gasteiger partial charge in [0.15, 0.2) is 0 Å². The summed E-state index contributed by atoms with van der Waals surface area (Å²) >= 11 is 0. The van der Waals surface area contributed by atoms with Crippen molar-refractivity contribution in [1.29, 1.82) is 0 Å². The summed E-state index contributed by atoms with van der Waals surface area (Å²) in [5.74, 6) is 1.42. The fourth-order valence-electron chi connectivity index (χ4n) is 1.65. The van der Waals surface area contributed by atoms with E-state index < -0.39 is 0 Å². The Kier molecular flexibility index (Phi) is 2.73. The summed E-state index contributed by atoms with van der Waals surface area (Å²) in [6.45, 7) is 0. The molecule has 14 heavy (non-hydrogen) atoms. The number of rotatable bonds is 4. The van der Waals surface area contributed by atoms with Gasteiger partial charge in [-0.05, 0) is 42.9 Å². The maximum atomic E-state index is 9.74. The van der Waals surface area contributed by atoms with Crippen LogP contribution in [0.5, 0.6) is 5.75 Å². The van der Waals surface area contributed by atoms with E-state index in [4.69, 9.17) is 4.74 Å². The highest BCUT2D eigenvalue weighted by atomic mass is 16.5. The molecule has 2 nitrogen and oxygen atoms in total. The second-order valence-corrected chi connectivity index (χ2v) is 3.96. The molecule has 0 spiro atoms. The third kappa shape index (κ3) is 2.26. The van der Waals surface area contributed by atoms with Crippen molar-refractivity contribution in [3.63, 3.8) is 0 Å². The first-order valence-corrected chi connectivity index (χ1v) is 5.10. The number of ether oxygens (including phenoxy) is 1. The summed E-state index contributed by atoms with van der Waals surface area (Å²) in [7, 11) is 1.66. The Bertz CT molecular complexity index is 288. The van der Waals surface area contributed by atoms with Crippen LogP contribution < -0.4 is 4.74 Å². The van der Waals surface area contributed by atoms with Gasteiger partial charge in [-0.2, -0.15) is 0 Å². The number of methoxy groups -OCH3 is 1. The van der Waals surface area contributed by atoms with Crippen LogP contribution in [0.1, 0.15) is 18.4 Å². The summed E-state index contributed by atoms with van der Waals surface area (Å²) in [6.07, 6.45) is 3.01. The first-order valence-electron chi connectivity index (χ1n) is 5.10. The molecule has 0 aromatic heterocycles. The Labute approximate surface area is 84.5 Å². The van der Waals surface area contributed by atoms with Gasteiger partial charge in [-0.1, -0.05) is 12.1 Å². The summed E-state index contributed by atoms with van der Waals surface area (Å²) in [5.41, 5.74) is 1.19. The maximum absolute atomic E-state index is 9.74. The van der Waals surface area contributed by atoms with Crippen LogP contribution in [-0.2, 0) is 6.42 Å². The van der Waals surface area contributed by atoms with E-state index in [9.17, 15) is 5.11 Å². The van der Waals surface area contributed by atoms with Crippen LogP contribution in [0.4, 0.5) is 0 Å². The van der Waals surface area contributed by atoms with Crippen LogP contribution in [0.2, 0.25) is 0 Å². The van der Waals surface area contributed by atoms with Crippen molar-refractivity contribution in [3.8, 4) is 5.75 Å².